The summed E-state index contributed by atoms with van der Waals surface area (Å²) in [6.07, 6.45) is 6.29. The standard InChI is InChI=1S/C23H28N2/c1-3-7-18(8-4-1)14-24-16-22-20-11-12-21(13-20)23(22)17-25-15-19-9-5-2-6-10-19/h1-12,20-25H,13-17H2/t20-,21+,22-,23-/m1/s1. The zero-order valence-corrected chi connectivity index (χ0v) is 14.8. The Morgan fingerprint density at radius 1 is 0.640 bits per heavy atom. The van der Waals surface area contributed by atoms with Crippen LogP contribution in [0.4, 0.5) is 0 Å². The van der Waals surface area contributed by atoms with Gasteiger partial charge in [-0.3, -0.25) is 0 Å². The average molecular weight is 332 g/mol. The smallest absolute Gasteiger partial charge is 0.0205 e. The first kappa shape index (κ1) is 16.6. The summed E-state index contributed by atoms with van der Waals surface area (Å²) >= 11 is 0. The zero-order valence-electron chi connectivity index (χ0n) is 14.8. The van der Waals surface area contributed by atoms with Crippen LogP contribution in [0, 0.1) is 23.7 Å². The Morgan fingerprint density at radius 2 is 1.08 bits per heavy atom. The monoisotopic (exact) mass is 332 g/mol. The van der Waals surface area contributed by atoms with E-state index in [1.807, 2.05) is 0 Å². The van der Waals surface area contributed by atoms with Gasteiger partial charge in [-0.05, 0) is 54.3 Å². The minimum absolute atomic E-state index is 0.766. The van der Waals surface area contributed by atoms with E-state index in [1.165, 1.54) is 17.5 Å². The predicted octanol–water partition coefficient (Wildman–Crippen LogP) is 4.00. The van der Waals surface area contributed by atoms with Gasteiger partial charge in [0, 0.05) is 13.1 Å². The molecule has 0 radical (unpaired) electrons. The number of hydrogen-bond acceptors (Lipinski definition) is 2. The molecule has 1 fully saturated rings. The van der Waals surface area contributed by atoms with Crippen LogP contribution in [0.25, 0.3) is 0 Å². The quantitative estimate of drug-likeness (QED) is 0.714. The lowest BCUT2D eigenvalue weighted by Crippen LogP contribution is -2.36. The maximum atomic E-state index is 3.70. The fourth-order valence-electron chi connectivity index (χ4n) is 4.59. The fraction of sp³-hybridized carbons (Fsp3) is 0.391. The number of nitrogens with one attached hydrogen (secondary N) is 2. The zero-order chi connectivity index (χ0) is 16.9. The van der Waals surface area contributed by atoms with Gasteiger partial charge in [0.25, 0.3) is 0 Å². The number of benzene rings is 2. The van der Waals surface area contributed by atoms with Crippen molar-refractivity contribution in [3.8, 4) is 0 Å². The molecular formula is C23H28N2. The van der Waals surface area contributed by atoms with Crippen molar-refractivity contribution in [3.63, 3.8) is 0 Å². The van der Waals surface area contributed by atoms with E-state index >= 15 is 0 Å². The Bertz CT molecular complexity index is 620. The summed E-state index contributed by atoms with van der Waals surface area (Å²) in [6.45, 7) is 4.20. The largest absolute Gasteiger partial charge is 0.312 e. The van der Waals surface area contributed by atoms with Gasteiger partial charge in [0.05, 0.1) is 0 Å². The lowest BCUT2D eigenvalue weighted by molar-refractivity contribution is 0.285. The second kappa shape index (κ2) is 7.99. The predicted molar refractivity (Wildman–Crippen MR) is 104 cm³/mol. The molecule has 0 saturated heterocycles. The first-order valence-corrected chi connectivity index (χ1v) is 9.58. The van der Waals surface area contributed by atoms with E-state index in [1.54, 1.807) is 0 Å². The molecule has 2 bridgehead atoms. The van der Waals surface area contributed by atoms with Crippen molar-refractivity contribution < 1.29 is 0 Å². The van der Waals surface area contributed by atoms with Crippen LogP contribution in [0.1, 0.15) is 17.5 Å². The van der Waals surface area contributed by atoms with Crippen molar-refractivity contribution in [2.24, 2.45) is 23.7 Å². The SMILES string of the molecule is C1=C[C@H]2C[C@@H]1[C@@H](CNCc1ccccc1)[C@@H]2CNCc1ccccc1. The maximum Gasteiger partial charge on any atom is 0.0205 e. The normalized spacial score (nSPS) is 27.0. The summed E-state index contributed by atoms with van der Waals surface area (Å²) in [5.41, 5.74) is 2.75. The molecular weight excluding hydrogens is 304 g/mol. The first-order valence-electron chi connectivity index (χ1n) is 9.58. The van der Waals surface area contributed by atoms with Crippen LogP contribution in [-0.2, 0) is 13.1 Å². The summed E-state index contributed by atoms with van der Waals surface area (Å²) in [6, 6.07) is 21.4. The molecule has 130 valence electrons. The van der Waals surface area contributed by atoms with Gasteiger partial charge in [0.1, 0.15) is 0 Å². The van der Waals surface area contributed by atoms with Gasteiger partial charge in [0.15, 0.2) is 0 Å². The summed E-state index contributed by atoms with van der Waals surface area (Å²) < 4.78 is 0. The highest BCUT2D eigenvalue weighted by molar-refractivity contribution is 5.17. The minimum Gasteiger partial charge on any atom is -0.312 e. The van der Waals surface area contributed by atoms with Gasteiger partial charge in [-0.1, -0.05) is 72.8 Å². The maximum absolute atomic E-state index is 3.70. The summed E-state index contributed by atoms with van der Waals surface area (Å²) in [5, 5.41) is 7.41. The molecule has 4 atom stereocenters. The van der Waals surface area contributed by atoms with E-state index in [9.17, 15) is 0 Å². The van der Waals surface area contributed by atoms with Crippen molar-refractivity contribution >= 4 is 0 Å². The topological polar surface area (TPSA) is 24.1 Å². The second-order valence-corrected chi connectivity index (χ2v) is 7.51. The van der Waals surface area contributed by atoms with E-state index in [4.69, 9.17) is 0 Å². The summed E-state index contributed by atoms with van der Waals surface area (Å²) in [5.74, 6) is 3.08. The average Bonchev–Trinajstić information content (AvgIpc) is 3.26. The first-order chi connectivity index (χ1) is 12.4. The second-order valence-electron chi connectivity index (χ2n) is 7.51. The van der Waals surface area contributed by atoms with E-state index in [2.05, 4.69) is 83.4 Å². The molecule has 2 heteroatoms. The van der Waals surface area contributed by atoms with Crippen LogP contribution in [-0.4, -0.2) is 13.1 Å². The van der Waals surface area contributed by atoms with Crippen LogP contribution < -0.4 is 10.6 Å². The van der Waals surface area contributed by atoms with Gasteiger partial charge in [-0.2, -0.15) is 0 Å². The Morgan fingerprint density at radius 3 is 1.52 bits per heavy atom. The molecule has 0 aliphatic heterocycles. The Balaban J connectivity index is 1.28. The molecule has 2 aromatic carbocycles. The summed E-state index contributed by atoms with van der Waals surface area (Å²) in [7, 11) is 0. The highest BCUT2D eigenvalue weighted by Crippen LogP contribution is 2.47. The van der Waals surface area contributed by atoms with Gasteiger partial charge in [0.2, 0.25) is 0 Å². The van der Waals surface area contributed by atoms with Crippen molar-refractivity contribution in [3.05, 3.63) is 83.9 Å². The van der Waals surface area contributed by atoms with E-state index in [0.29, 0.717) is 0 Å². The summed E-state index contributed by atoms with van der Waals surface area (Å²) in [4.78, 5) is 0. The third-order valence-electron chi connectivity index (χ3n) is 5.90. The highest BCUT2D eigenvalue weighted by Gasteiger charge is 2.43. The van der Waals surface area contributed by atoms with Crippen LogP contribution in [0.2, 0.25) is 0 Å². The van der Waals surface area contributed by atoms with Crippen LogP contribution in [0.3, 0.4) is 0 Å². The van der Waals surface area contributed by atoms with E-state index < -0.39 is 0 Å². The van der Waals surface area contributed by atoms with Gasteiger partial charge < -0.3 is 10.6 Å². The van der Waals surface area contributed by atoms with Crippen LogP contribution in [0.15, 0.2) is 72.8 Å². The number of allylic oxidation sites excluding steroid dienone is 2. The minimum atomic E-state index is 0.766. The lowest BCUT2D eigenvalue weighted by Gasteiger charge is -2.29. The molecule has 25 heavy (non-hydrogen) atoms. The highest BCUT2D eigenvalue weighted by atomic mass is 14.9. The molecule has 2 aliphatic carbocycles. The van der Waals surface area contributed by atoms with Crippen molar-refractivity contribution in [2.75, 3.05) is 13.1 Å². The number of fused-ring (bicyclic) bond motifs is 2. The molecule has 1 saturated carbocycles. The van der Waals surface area contributed by atoms with Gasteiger partial charge in [-0.25, -0.2) is 0 Å². The molecule has 0 heterocycles. The lowest BCUT2D eigenvalue weighted by atomic mass is 9.83. The molecule has 4 rings (SSSR count). The Kier molecular flexibility index (Phi) is 5.29. The Hall–Kier alpha value is -1.90. The van der Waals surface area contributed by atoms with Crippen molar-refractivity contribution in [1.82, 2.24) is 10.6 Å². The molecule has 0 amide bonds. The molecule has 2 aromatic rings. The van der Waals surface area contributed by atoms with Crippen molar-refractivity contribution in [1.29, 1.82) is 0 Å². The van der Waals surface area contributed by atoms with Crippen LogP contribution >= 0.6 is 0 Å². The molecule has 2 aliphatic rings. The number of hydrogen-bond donors (Lipinski definition) is 2. The third-order valence-corrected chi connectivity index (χ3v) is 5.90. The molecule has 0 aromatic heterocycles. The molecule has 0 unspecified atom stereocenters. The van der Waals surface area contributed by atoms with E-state index in [0.717, 1.165) is 49.9 Å². The number of rotatable bonds is 8. The molecule has 2 N–H and O–H groups in total. The van der Waals surface area contributed by atoms with Gasteiger partial charge in [-0.15, -0.1) is 0 Å². The van der Waals surface area contributed by atoms with Crippen LogP contribution in [0.5, 0.6) is 0 Å². The third kappa shape index (κ3) is 4.02. The molecule has 0 spiro atoms. The molecule has 2 nitrogen and oxygen atoms in total. The fourth-order valence-corrected chi connectivity index (χ4v) is 4.59. The van der Waals surface area contributed by atoms with Gasteiger partial charge >= 0.3 is 0 Å². The van der Waals surface area contributed by atoms with Crippen molar-refractivity contribution in [2.45, 2.75) is 19.5 Å². The van der Waals surface area contributed by atoms with E-state index in [-0.39, 0.29) is 0 Å². The Labute approximate surface area is 151 Å².